The molecule has 0 aliphatic heterocycles. The monoisotopic (exact) mass is 514 g/mol. The van der Waals surface area contributed by atoms with Crippen molar-refractivity contribution in [2.45, 2.75) is 69.3 Å². The van der Waals surface area contributed by atoms with Crippen molar-refractivity contribution in [1.82, 2.24) is 25.9 Å². The van der Waals surface area contributed by atoms with Crippen molar-refractivity contribution in [1.29, 1.82) is 0 Å². The molecule has 10 N–H and O–H groups in total. The minimum atomic E-state index is -1.66. The lowest BCUT2D eigenvalue weighted by Gasteiger charge is -2.26. The zero-order valence-corrected chi connectivity index (χ0v) is 19.3. The van der Waals surface area contributed by atoms with Crippen LogP contribution in [0.5, 0.6) is 0 Å². The van der Waals surface area contributed by atoms with E-state index in [4.69, 9.17) is 15.9 Å². The molecule has 0 aliphatic carbocycles. The highest BCUT2D eigenvalue weighted by Gasteiger charge is 2.33. The van der Waals surface area contributed by atoms with Gasteiger partial charge in [0.1, 0.15) is 18.1 Å². The quantitative estimate of drug-likeness (QED) is 0.106. The molecule has 0 radical (unpaired) electrons. The molecule has 0 aliphatic rings. The Hall–Kier alpha value is -4.05. The Labute approximate surface area is 204 Å². The molecule has 0 fully saturated rings. The van der Waals surface area contributed by atoms with Gasteiger partial charge >= 0.3 is 17.9 Å². The van der Waals surface area contributed by atoms with Crippen LogP contribution in [0, 0.1) is 0 Å². The first-order valence-electron chi connectivity index (χ1n) is 10.8. The van der Waals surface area contributed by atoms with E-state index in [9.17, 15) is 39.0 Å². The van der Waals surface area contributed by atoms with E-state index in [1.807, 2.05) is 0 Å². The van der Waals surface area contributed by atoms with Crippen molar-refractivity contribution in [2.75, 3.05) is 0 Å². The maximum Gasteiger partial charge on any atom is 0.326 e. The number of aliphatic hydroxyl groups is 1. The molecule has 0 saturated carbocycles. The molecule has 0 saturated heterocycles. The summed E-state index contributed by atoms with van der Waals surface area (Å²) in [5, 5.41) is 43.7. The third kappa shape index (κ3) is 10.5. The molecule has 200 valence electrons. The Morgan fingerprint density at radius 1 is 0.917 bits per heavy atom. The van der Waals surface area contributed by atoms with Crippen molar-refractivity contribution in [3.63, 3.8) is 0 Å². The number of nitrogens with zero attached hydrogens (tertiary/aromatic N) is 1. The first-order valence-corrected chi connectivity index (χ1v) is 10.8. The normalized spacial score (nSPS) is 15.0. The molecular formula is C20H30N6O10. The summed E-state index contributed by atoms with van der Waals surface area (Å²) >= 11 is 0. The molecule has 3 amide bonds. The van der Waals surface area contributed by atoms with Crippen LogP contribution in [0.15, 0.2) is 12.5 Å². The fraction of sp³-hybridized carbons (Fsp3) is 0.550. The number of carboxylic acid groups (broad SMARTS) is 3. The van der Waals surface area contributed by atoms with Gasteiger partial charge in [-0.1, -0.05) is 0 Å². The van der Waals surface area contributed by atoms with Gasteiger partial charge in [-0.2, -0.15) is 0 Å². The van der Waals surface area contributed by atoms with Crippen LogP contribution in [0.2, 0.25) is 0 Å². The van der Waals surface area contributed by atoms with Crippen LogP contribution in [-0.4, -0.2) is 96.3 Å². The van der Waals surface area contributed by atoms with Gasteiger partial charge in [-0.3, -0.25) is 24.0 Å². The van der Waals surface area contributed by atoms with Crippen molar-refractivity contribution in [3.05, 3.63) is 18.2 Å². The average Bonchev–Trinajstić information content (AvgIpc) is 3.30. The number of amides is 3. The highest BCUT2D eigenvalue weighted by atomic mass is 16.4. The summed E-state index contributed by atoms with van der Waals surface area (Å²) in [5.74, 6) is -6.90. The predicted molar refractivity (Wildman–Crippen MR) is 119 cm³/mol. The van der Waals surface area contributed by atoms with Crippen LogP contribution in [0.1, 0.15) is 38.3 Å². The number of aliphatic hydroxyl groups excluding tert-OH is 1. The summed E-state index contributed by atoms with van der Waals surface area (Å²) in [5.41, 5.74) is 6.02. The second-order valence-electron chi connectivity index (χ2n) is 7.94. The summed E-state index contributed by atoms with van der Waals surface area (Å²) in [6, 6.07) is -5.91. The highest BCUT2D eigenvalue weighted by molar-refractivity contribution is 5.94. The number of hydrogen-bond donors (Lipinski definition) is 9. The van der Waals surface area contributed by atoms with Crippen LogP contribution >= 0.6 is 0 Å². The number of aromatic amines is 1. The van der Waals surface area contributed by atoms with Crippen molar-refractivity contribution in [2.24, 2.45) is 5.73 Å². The Bertz CT molecular complexity index is 935. The van der Waals surface area contributed by atoms with Gasteiger partial charge in [0.25, 0.3) is 0 Å². The summed E-state index contributed by atoms with van der Waals surface area (Å²) < 4.78 is 0. The summed E-state index contributed by atoms with van der Waals surface area (Å²) in [4.78, 5) is 77.4. The third-order valence-corrected chi connectivity index (χ3v) is 4.94. The number of nitrogens with two attached hydrogens (primary N) is 1. The van der Waals surface area contributed by atoms with Crippen molar-refractivity contribution < 1.29 is 49.2 Å². The van der Waals surface area contributed by atoms with Crippen LogP contribution in [0.25, 0.3) is 0 Å². The third-order valence-electron chi connectivity index (χ3n) is 4.94. The average molecular weight is 514 g/mol. The number of imidazole rings is 1. The summed E-state index contributed by atoms with van der Waals surface area (Å²) in [6.07, 6.45) is -0.657. The van der Waals surface area contributed by atoms with Crippen LogP contribution in [0.3, 0.4) is 0 Å². The number of rotatable bonds is 16. The zero-order chi connectivity index (χ0) is 27.4. The summed E-state index contributed by atoms with van der Waals surface area (Å²) in [6.45, 7) is 1.15. The Morgan fingerprint density at radius 3 is 2.00 bits per heavy atom. The first-order chi connectivity index (χ1) is 16.8. The van der Waals surface area contributed by atoms with E-state index in [1.54, 1.807) is 0 Å². The number of carboxylic acids is 3. The standard InChI is InChI=1S/C20H30N6O10/c1-9(27)16(19(34)25-13(20(35)36)6-10-7-22-8-23-10)26-18(33)12(3-5-15(30)31)24-17(32)11(21)2-4-14(28)29/h7-9,11-13,16,27H,2-6,21H2,1H3,(H,22,23)(H,24,32)(H,25,34)(H,26,33)(H,28,29)(H,30,31)(H,35,36). The van der Waals surface area contributed by atoms with E-state index in [2.05, 4.69) is 25.9 Å². The van der Waals surface area contributed by atoms with Gasteiger partial charge < -0.3 is 47.1 Å². The number of carbonyl (C=O) groups is 6. The minimum absolute atomic E-state index is 0.174. The minimum Gasteiger partial charge on any atom is -0.481 e. The maximum absolute atomic E-state index is 12.8. The van der Waals surface area contributed by atoms with E-state index >= 15 is 0 Å². The second kappa shape index (κ2) is 14.4. The first kappa shape index (κ1) is 30.0. The fourth-order valence-corrected chi connectivity index (χ4v) is 2.96. The van der Waals surface area contributed by atoms with Crippen LogP contribution in [-0.2, 0) is 35.2 Å². The summed E-state index contributed by atoms with van der Waals surface area (Å²) in [7, 11) is 0. The SMILES string of the molecule is CC(O)C(NC(=O)C(CCC(=O)O)NC(=O)C(N)CCC(=O)O)C(=O)NC(Cc1cnc[nH]1)C(=O)O. The van der Waals surface area contributed by atoms with Gasteiger partial charge in [0.2, 0.25) is 17.7 Å². The van der Waals surface area contributed by atoms with E-state index in [1.165, 1.54) is 12.5 Å². The van der Waals surface area contributed by atoms with Gasteiger partial charge in [-0.25, -0.2) is 9.78 Å². The lowest BCUT2D eigenvalue weighted by molar-refractivity contribution is -0.143. The molecule has 1 heterocycles. The predicted octanol–water partition coefficient (Wildman–Crippen LogP) is -3.07. The number of aromatic nitrogens is 2. The van der Waals surface area contributed by atoms with E-state index in [-0.39, 0.29) is 12.8 Å². The second-order valence-corrected chi connectivity index (χ2v) is 7.94. The largest absolute Gasteiger partial charge is 0.481 e. The van der Waals surface area contributed by atoms with Gasteiger partial charge in [-0.15, -0.1) is 0 Å². The number of aliphatic carboxylic acids is 3. The van der Waals surface area contributed by atoms with Crippen molar-refractivity contribution in [3.8, 4) is 0 Å². The molecule has 0 bridgehead atoms. The topological polar surface area (TPSA) is 274 Å². The molecule has 5 atom stereocenters. The van der Waals surface area contributed by atoms with Gasteiger partial charge in [0, 0.05) is 31.2 Å². The number of carbonyl (C=O) groups excluding carboxylic acids is 3. The van der Waals surface area contributed by atoms with Crippen LogP contribution in [0.4, 0.5) is 0 Å². The van der Waals surface area contributed by atoms with E-state index in [0.717, 1.165) is 6.92 Å². The Kier molecular flexibility index (Phi) is 12.0. The van der Waals surface area contributed by atoms with Gasteiger partial charge in [0.15, 0.2) is 0 Å². The van der Waals surface area contributed by atoms with Gasteiger partial charge in [0.05, 0.1) is 18.5 Å². The molecular weight excluding hydrogens is 484 g/mol. The molecule has 16 heteroatoms. The molecule has 1 aromatic rings. The van der Waals surface area contributed by atoms with Crippen LogP contribution < -0.4 is 21.7 Å². The zero-order valence-electron chi connectivity index (χ0n) is 19.3. The fourth-order valence-electron chi connectivity index (χ4n) is 2.96. The molecule has 0 aromatic carbocycles. The number of hydrogen-bond acceptors (Lipinski definition) is 9. The maximum atomic E-state index is 12.8. The number of nitrogens with one attached hydrogen (secondary N) is 4. The van der Waals surface area contributed by atoms with Crippen molar-refractivity contribution >= 4 is 35.6 Å². The Morgan fingerprint density at radius 2 is 1.50 bits per heavy atom. The molecule has 16 nitrogen and oxygen atoms in total. The molecule has 0 spiro atoms. The smallest absolute Gasteiger partial charge is 0.326 e. The molecule has 1 aromatic heterocycles. The van der Waals surface area contributed by atoms with Gasteiger partial charge in [-0.05, 0) is 19.8 Å². The molecule has 1 rings (SSSR count). The van der Waals surface area contributed by atoms with E-state index in [0.29, 0.717) is 5.69 Å². The lowest BCUT2D eigenvalue weighted by atomic mass is 10.1. The van der Waals surface area contributed by atoms with E-state index < -0.39 is 85.2 Å². The highest BCUT2D eigenvalue weighted by Crippen LogP contribution is 2.05. The number of H-pyrrole nitrogens is 1. The molecule has 5 unspecified atom stereocenters. The molecule has 36 heavy (non-hydrogen) atoms. The lowest BCUT2D eigenvalue weighted by Crippen LogP contribution is -2.60. The Balaban J connectivity index is 2.94.